The third-order valence-corrected chi connectivity index (χ3v) is 5.52. The maximum Gasteiger partial charge on any atom is 0.205 e. The summed E-state index contributed by atoms with van der Waals surface area (Å²) < 4.78 is 9.52. The van der Waals surface area contributed by atoms with E-state index >= 15 is 0 Å². The quantitative estimate of drug-likeness (QED) is 0.562. The molecule has 4 nitrogen and oxygen atoms in total. The van der Waals surface area contributed by atoms with Crippen LogP contribution in [0.5, 0.6) is 5.75 Å². The number of para-hydroxylation sites is 1. The van der Waals surface area contributed by atoms with Crippen molar-refractivity contribution in [3.05, 3.63) is 74.1 Å². The summed E-state index contributed by atoms with van der Waals surface area (Å²) in [6, 6.07) is 14.3. The van der Waals surface area contributed by atoms with E-state index in [1.54, 1.807) is 0 Å². The van der Waals surface area contributed by atoms with Crippen LogP contribution in [0.3, 0.4) is 0 Å². The second kappa shape index (κ2) is 5.94. The van der Waals surface area contributed by atoms with Crippen LogP contribution < -0.4 is 10.5 Å². The lowest BCUT2D eigenvalue weighted by Gasteiger charge is -2.27. The number of aromatic nitrogens is 1. The molecule has 1 atom stereocenters. The lowest BCUT2D eigenvalue weighted by atomic mass is 9.83. The summed E-state index contributed by atoms with van der Waals surface area (Å²) in [5, 5.41) is 10.8. The molecule has 1 aromatic heterocycles. The van der Waals surface area contributed by atoms with E-state index in [1.807, 2.05) is 31.3 Å². The summed E-state index contributed by atoms with van der Waals surface area (Å²) in [5.74, 6) is 0.516. The Hall–Kier alpha value is -2.23. The van der Waals surface area contributed by atoms with Crippen molar-refractivity contribution in [1.29, 1.82) is 5.26 Å². The summed E-state index contributed by atoms with van der Waals surface area (Å²) in [6.07, 6.45) is 2.06. The smallest absolute Gasteiger partial charge is 0.205 e. The molecule has 1 aliphatic rings. The summed E-state index contributed by atoms with van der Waals surface area (Å²) in [7, 11) is 2.00. The number of nitrogens with two attached hydrogens (primary N) is 1. The van der Waals surface area contributed by atoms with Crippen LogP contribution in [0.2, 0.25) is 0 Å². The van der Waals surface area contributed by atoms with E-state index in [0.29, 0.717) is 11.3 Å². The Balaban J connectivity index is 2.07. The van der Waals surface area contributed by atoms with Gasteiger partial charge in [-0.25, -0.2) is 0 Å². The van der Waals surface area contributed by atoms with Crippen LogP contribution in [0, 0.1) is 11.3 Å². The molecule has 1 aliphatic heterocycles. The van der Waals surface area contributed by atoms with Gasteiger partial charge in [-0.15, -0.1) is 0 Å². The van der Waals surface area contributed by atoms with Gasteiger partial charge in [0.25, 0.3) is 0 Å². The molecule has 0 amide bonds. The minimum Gasteiger partial charge on any atom is -0.439 e. The average Bonchev–Trinajstić information content (AvgIpc) is 2.91. The van der Waals surface area contributed by atoms with E-state index in [9.17, 15) is 5.26 Å². The molecular weight excluding hydrogens is 446 g/mol. The molecule has 2 heterocycles. The molecule has 0 aliphatic carbocycles. The third kappa shape index (κ3) is 2.46. The molecule has 0 saturated carbocycles. The highest BCUT2D eigenvalue weighted by Gasteiger charge is 2.33. The zero-order valence-electron chi connectivity index (χ0n) is 13.3. The topological polar surface area (TPSA) is 64.0 Å². The van der Waals surface area contributed by atoms with E-state index in [2.05, 4.69) is 60.8 Å². The summed E-state index contributed by atoms with van der Waals surface area (Å²) >= 11 is 7.07. The summed E-state index contributed by atoms with van der Waals surface area (Å²) in [5.41, 5.74) is 9.56. The highest BCUT2D eigenvalue weighted by Crippen LogP contribution is 2.48. The van der Waals surface area contributed by atoms with Gasteiger partial charge in [0, 0.05) is 34.2 Å². The molecule has 0 spiro atoms. The molecule has 0 radical (unpaired) electrons. The third-order valence-electron chi connectivity index (χ3n) is 4.47. The molecule has 4 rings (SSSR count). The predicted octanol–water partition coefficient (Wildman–Crippen LogP) is 4.92. The van der Waals surface area contributed by atoms with Crippen LogP contribution in [0.1, 0.15) is 17.0 Å². The Morgan fingerprint density at radius 1 is 1.20 bits per heavy atom. The van der Waals surface area contributed by atoms with Crippen molar-refractivity contribution in [1.82, 2.24) is 4.57 Å². The van der Waals surface area contributed by atoms with Gasteiger partial charge in [0.15, 0.2) is 0 Å². The first-order chi connectivity index (χ1) is 12.0. The normalized spacial score (nSPS) is 16.5. The number of allylic oxidation sites excluding steroid dienone is 1. The number of hydrogen-bond donors (Lipinski definition) is 1. The number of halogens is 2. The SMILES string of the molecule is Cn1cc(C2C(C#N)=C(N)Oc3c(Br)cc(Br)cc32)c2ccccc21. The fourth-order valence-electron chi connectivity index (χ4n) is 3.41. The zero-order valence-corrected chi connectivity index (χ0v) is 16.4. The van der Waals surface area contributed by atoms with Crippen molar-refractivity contribution in [3.63, 3.8) is 0 Å². The van der Waals surface area contributed by atoms with Crippen LogP contribution in [0.4, 0.5) is 0 Å². The van der Waals surface area contributed by atoms with Crippen molar-refractivity contribution in [2.45, 2.75) is 5.92 Å². The monoisotopic (exact) mass is 457 g/mol. The lowest BCUT2D eigenvalue weighted by molar-refractivity contribution is 0.391. The maximum absolute atomic E-state index is 9.74. The van der Waals surface area contributed by atoms with Gasteiger partial charge in [-0.2, -0.15) is 5.26 Å². The zero-order chi connectivity index (χ0) is 17.7. The van der Waals surface area contributed by atoms with Gasteiger partial charge in [-0.1, -0.05) is 34.1 Å². The predicted molar refractivity (Wildman–Crippen MR) is 104 cm³/mol. The first-order valence-corrected chi connectivity index (χ1v) is 9.20. The summed E-state index contributed by atoms with van der Waals surface area (Å²) in [4.78, 5) is 0. The highest BCUT2D eigenvalue weighted by atomic mass is 79.9. The molecule has 0 bridgehead atoms. The second-order valence-corrected chi connectivity index (χ2v) is 7.71. The van der Waals surface area contributed by atoms with Crippen molar-refractivity contribution in [2.75, 3.05) is 0 Å². The number of nitriles is 1. The molecule has 0 fully saturated rings. The van der Waals surface area contributed by atoms with Crippen molar-refractivity contribution >= 4 is 42.8 Å². The van der Waals surface area contributed by atoms with Crippen molar-refractivity contribution in [2.24, 2.45) is 12.8 Å². The average molecular weight is 459 g/mol. The Labute approximate surface area is 161 Å². The van der Waals surface area contributed by atoms with Gasteiger partial charge < -0.3 is 15.0 Å². The Kier molecular flexibility index (Phi) is 3.86. The Bertz CT molecular complexity index is 1090. The minimum absolute atomic E-state index is 0.149. The van der Waals surface area contributed by atoms with Gasteiger partial charge in [0.1, 0.15) is 17.4 Å². The van der Waals surface area contributed by atoms with Gasteiger partial charge in [-0.05, 0) is 39.7 Å². The molecule has 6 heteroatoms. The second-order valence-electron chi connectivity index (χ2n) is 5.94. The van der Waals surface area contributed by atoms with E-state index in [1.165, 1.54) is 0 Å². The molecule has 3 aromatic rings. The molecule has 25 heavy (non-hydrogen) atoms. The highest BCUT2D eigenvalue weighted by molar-refractivity contribution is 9.11. The lowest BCUT2D eigenvalue weighted by Crippen LogP contribution is -2.21. The molecule has 2 aromatic carbocycles. The van der Waals surface area contributed by atoms with Crippen LogP contribution in [-0.4, -0.2) is 4.57 Å². The standard InChI is InChI=1S/C19H13Br2N3O/c1-24-9-14(11-4-2-3-5-16(11)24)17-12-6-10(20)7-15(21)18(12)25-19(23)13(17)8-22/h2-7,9,17H,23H2,1H3. The fourth-order valence-corrected chi connectivity index (χ4v) is 4.75. The van der Waals surface area contributed by atoms with Gasteiger partial charge >= 0.3 is 0 Å². The van der Waals surface area contributed by atoms with Crippen molar-refractivity contribution < 1.29 is 4.74 Å². The van der Waals surface area contributed by atoms with Crippen LogP contribution in [0.15, 0.2) is 63.0 Å². The molecule has 0 saturated heterocycles. The first-order valence-electron chi connectivity index (χ1n) is 7.61. The number of aryl methyl sites for hydroxylation is 1. The molecule has 1 unspecified atom stereocenters. The van der Waals surface area contributed by atoms with E-state index in [-0.39, 0.29) is 11.8 Å². The first kappa shape index (κ1) is 16.2. The number of ether oxygens (including phenoxy) is 1. The van der Waals surface area contributed by atoms with Crippen LogP contribution in [-0.2, 0) is 7.05 Å². The number of nitrogens with zero attached hydrogens (tertiary/aromatic N) is 2. The Morgan fingerprint density at radius 2 is 1.96 bits per heavy atom. The van der Waals surface area contributed by atoms with E-state index < -0.39 is 0 Å². The van der Waals surface area contributed by atoms with Gasteiger partial charge in [-0.3, -0.25) is 0 Å². The van der Waals surface area contributed by atoms with E-state index in [4.69, 9.17) is 10.5 Å². The van der Waals surface area contributed by atoms with E-state index in [0.717, 1.165) is 31.0 Å². The Morgan fingerprint density at radius 3 is 2.72 bits per heavy atom. The molecule has 124 valence electrons. The number of fused-ring (bicyclic) bond motifs is 2. The maximum atomic E-state index is 9.74. The molecular formula is C19H13Br2N3O. The fraction of sp³-hybridized carbons (Fsp3) is 0.105. The summed E-state index contributed by atoms with van der Waals surface area (Å²) in [6.45, 7) is 0. The van der Waals surface area contributed by atoms with Gasteiger partial charge in [0.05, 0.1) is 10.4 Å². The largest absolute Gasteiger partial charge is 0.439 e. The number of rotatable bonds is 1. The number of hydrogen-bond acceptors (Lipinski definition) is 3. The van der Waals surface area contributed by atoms with Gasteiger partial charge in [0.2, 0.25) is 5.88 Å². The number of benzene rings is 2. The van der Waals surface area contributed by atoms with Crippen LogP contribution >= 0.6 is 31.9 Å². The van der Waals surface area contributed by atoms with Crippen LogP contribution in [0.25, 0.3) is 10.9 Å². The molecule has 2 N–H and O–H groups in total. The minimum atomic E-state index is -0.284. The van der Waals surface area contributed by atoms with Crippen molar-refractivity contribution in [3.8, 4) is 11.8 Å².